The second-order valence-electron chi connectivity index (χ2n) is 12.2. The lowest BCUT2D eigenvalue weighted by Gasteiger charge is -2.53. The number of halogens is 2. The number of carbonyl (C=O) groups is 2. The van der Waals surface area contributed by atoms with Gasteiger partial charge in [-0.2, -0.15) is 0 Å². The van der Waals surface area contributed by atoms with Gasteiger partial charge in [0.2, 0.25) is 5.91 Å². The maximum absolute atomic E-state index is 14.8. The molecule has 3 fully saturated rings. The first kappa shape index (κ1) is 33.3. The zero-order chi connectivity index (χ0) is 31.3. The van der Waals surface area contributed by atoms with E-state index in [4.69, 9.17) is 9.84 Å². The molecule has 1 saturated carbocycles. The van der Waals surface area contributed by atoms with E-state index < -0.39 is 61.1 Å². The van der Waals surface area contributed by atoms with Crippen LogP contribution < -0.4 is 10.1 Å². The lowest BCUT2D eigenvalue weighted by atomic mass is 9.55. The molecule has 2 heterocycles. The molecule has 7 N–H and O–H groups in total. The number of ether oxygens (including phenoxy) is 1. The van der Waals surface area contributed by atoms with Crippen LogP contribution in [0.1, 0.15) is 37.7 Å². The Morgan fingerprint density at radius 3 is 2.19 bits per heavy atom. The topological polar surface area (TPSA) is 183 Å². The van der Waals surface area contributed by atoms with Gasteiger partial charge in [0.1, 0.15) is 35.7 Å². The van der Waals surface area contributed by atoms with Gasteiger partial charge in [-0.05, 0) is 43.4 Å². The van der Waals surface area contributed by atoms with Crippen LogP contribution >= 0.6 is 0 Å². The minimum Gasteiger partial charge on any atom is -0.493 e. The average molecular weight is 616 g/mol. The molecule has 3 aliphatic rings. The molecule has 242 valence electrons. The third kappa shape index (κ3) is 7.91. The third-order valence-corrected chi connectivity index (χ3v) is 9.49. The Labute approximate surface area is 248 Å². The first-order chi connectivity index (χ1) is 20.4. The fourth-order valence-corrected chi connectivity index (χ4v) is 6.44. The SMILES string of the molecule is O=C(O)N1CCC2(CCC2CCOc2cc(F)c(CC(=O)N3CC(CNC[C@H](O)[C@@H](O)[C@H](O)[C@H](O)CO)C3)c(F)c2)CC1. The molecule has 0 aromatic heterocycles. The Balaban J connectivity index is 1.16. The number of aliphatic hydroxyl groups excluding tert-OH is 5. The van der Waals surface area contributed by atoms with E-state index in [1.807, 2.05) is 0 Å². The van der Waals surface area contributed by atoms with Gasteiger partial charge >= 0.3 is 6.09 Å². The quantitative estimate of drug-likeness (QED) is 0.150. The van der Waals surface area contributed by atoms with Gasteiger partial charge in [-0.25, -0.2) is 13.6 Å². The molecule has 0 bridgehead atoms. The van der Waals surface area contributed by atoms with Gasteiger partial charge in [-0.15, -0.1) is 0 Å². The fraction of sp³-hybridized carbons (Fsp3) is 0.724. The van der Waals surface area contributed by atoms with E-state index in [0.717, 1.165) is 44.2 Å². The number of carbonyl (C=O) groups excluding carboxylic acids is 1. The number of rotatable bonds is 14. The van der Waals surface area contributed by atoms with Crippen molar-refractivity contribution in [3.8, 4) is 5.75 Å². The molecule has 4 rings (SSSR count). The number of hydrogen-bond donors (Lipinski definition) is 7. The van der Waals surface area contributed by atoms with Crippen LogP contribution in [0.2, 0.25) is 0 Å². The molecule has 2 saturated heterocycles. The highest BCUT2D eigenvalue weighted by Crippen LogP contribution is 2.55. The summed E-state index contributed by atoms with van der Waals surface area (Å²) >= 11 is 0. The number of hydrogen-bond acceptors (Lipinski definition) is 9. The van der Waals surface area contributed by atoms with Crippen LogP contribution in [0.25, 0.3) is 0 Å². The predicted molar refractivity (Wildman–Crippen MR) is 148 cm³/mol. The number of nitrogens with one attached hydrogen (secondary N) is 1. The van der Waals surface area contributed by atoms with Gasteiger partial charge in [0.15, 0.2) is 0 Å². The zero-order valence-electron chi connectivity index (χ0n) is 24.1. The smallest absolute Gasteiger partial charge is 0.407 e. The molecule has 1 spiro atoms. The van der Waals surface area contributed by atoms with Crippen molar-refractivity contribution in [3.05, 3.63) is 29.3 Å². The highest BCUT2D eigenvalue weighted by atomic mass is 19.1. The van der Waals surface area contributed by atoms with Crippen LogP contribution in [0, 0.1) is 28.9 Å². The maximum atomic E-state index is 14.8. The van der Waals surface area contributed by atoms with E-state index in [9.17, 15) is 43.9 Å². The summed E-state index contributed by atoms with van der Waals surface area (Å²) in [5.41, 5.74) is -0.205. The van der Waals surface area contributed by atoms with Crippen molar-refractivity contribution in [1.82, 2.24) is 15.1 Å². The Hall–Kier alpha value is -2.62. The van der Waals surface area contributed by atoms with E-state index in [2.05, 4.69) is 5.32 Å². The molecule has 14 heteroatoms. The number of carboxylic acid groups (broad SMARTS) is 1. The van der Waals surface area contributed by atoms with Gasteiger partial charge in [0.05, 0.1) is 25.7 Å². The molecule has 1 unspecified atom stereocenters. The van der Waals surface area contributed by atoms with Crippen LogP contribution in [0.15, 0.2) is 12.1 Å². The molecule has 1 aromatic rings. The van der Waals surface area contributed by atoms with Crippen LogP contribution in [0.3, 0.4) is 0 Å². The second kappa shape index (κ2) is 14.4. The Morgan fingerprint density at radius 2 is 1.63 bits per heavy atom. The van der Waals surface area contributed by atoms with Crippen molar-refractivity contribution in [1.29, 1.82) is 0 Å². The Morgan fingerprint density at radius 1 is 1.00 bits per heavy atom. The van der Waals surface area contributed by atoms with Crippen molar-refractivity contribution in [3.63, 3.8) is 0 Å². The largest absolute Gasteiger partial charge is 0.493 e. The van der Waals surface area contributed by atoms with Crippen LogP contribution in [0.4, 0.5) is 13.6 Å². The number of piperidine rings is 1. The summed E-state index contributed by atoms with van der Waals surface area (Å²) in [6, 6.07) is 2.18. The lowest BCUT2D eigenvalue weighted by molar-refractivity contribution is -0.136. The number of benzene rings is 1. The van der Waals surface area contributed by atoms with Crippen molar-refractivity contribution >= 4 is 12.0 Å². The molecular formula is C29H43F2N3O9. The van der Waals surface area contributed by atoms with E-state index in [0.29, 0.717) is 38.6 Å². The summed E-state index contributed by atoms with van der Waals surface area (Å²) in [6.45, 7) is 1.54. The van der Waals surface area contributed by atoms with Crippen molar-refractivity contribution in [2.45, 2.75) is 62.9 Å². The summed E-state index contributed by atoms with van der Waals surface area (Å²) in [6.07, 6.45) is -3.25. The number of aliphatic hydroxyl groups is 5. The van der Waals surface area contributed by atoms with Gasteiger partial charge in [0, 0.05) is 62.9 Å². The first-order valence-electron chi connectivity index (χ1n) is 14.8. The highest BCUT2D eigenvalue weighted by molar-refractivity contribution is 5.79. The predicted octanol–water partition coefficient (Wildman–Crippen LogP) is -0.0697. The molecular weight excluding hydrogens is 572 g/mol. The van der Waals surface area contributed by atoms with Crippen LogP contribution in [-0.2, 0) is 11.2 Å². The maximum Gasteiger partial charge on any atom is 0.407 e. The second-order valence-corrected chi connectivity index (χ2v) is 12.2. The molecule has 2 amide bonds. The summed E-state index contributed by atoms with van der Waals surface area (Å²) in [5.74, 6) is -1.68. The van der Waals surface area contributed by atoms with Crippen LogP contribution in [0.5, 0.6) is 5.75 Å². The molecule has 12 nitrogen and oxygen atoms in total. The van der Waals surface area contributed by atoms with Gasteiger partial charge < -0.3 is 50.5 Å². The van der Waals surface area contributed by atoms with Crippen LogP contribution in [-0.4, -0.2) is 129 Å². The van der Waals surface area contributed by atoms with E-state index in [1.165, 1.54) is 9.80 Å². The van der Waals surface area contributed by atoms with Gasteiger partial charge in [0.25, 0.3) is 0 Å². The summed E-state index contributed by atoms with van der Waals surface area (Å²) in [5, 5.41) is 59.7. The van der Waals surface area contributed by atoms with E-state index >= 15 is 0 Å². The molecule has 0 radical (unpaired) electrons. The number of likely N-dealkylation sites (tertiary alicyclic amines) is 2. The van der Waals surface area contributed by atoms with Crippen molar-refractivity contribution < 1.29 is 53.7 Å². The Kier molecular flexibility index (Phi) is 11.2. The summed E-state index contributed by atoms with van der Waals surface area (Å²) in [7, 11) is 0. The minimum atomic E-state index is -1.71. The van der Waals surface area contributed by atoms with Crippen molar-refractivity contribution in [2.24, 2.45) is 17.3 Å². The van der Waals surface area contributed by atoms with E-state index in [1.54, 1.807) is 0 Å². The minimum absolute atomic E-state index is 0.0197. The lowest BCUT2D eigenvalue weighted by Crippen LogP contribution is -2.55. The average Bonchev–Trinajstić information content (AvgIpc) is 2.96. The van der Waals surface area contributed by atoms with Gasteiger partial charge in [-0.1, -0.05) is 0 Å². The molecule has 5 atom stereocenters. The fourth-order valence-electron chi connectivity index (χ4n) is 6.44. The molecule has 1 aliphatic carbocycles. The molecule has 43 heavy (non-hydrogen) atoms. The summed E-state index contributed by atoms with van der Waals surface area (Å²) in [4.78, 5) is 26.7. The van der Waals surface area contributed by atoms with E-state index in [-0.39, 0.29) is 35.8 Å². The highest BCUT2D eigenvalue weighted by Gasteiger charge is 2.48. The normalized spacial score (nSPS) is 22.8. The third-order valence-electron chi connectivity index (χ3n) is 9.49. The molecule has 1 aromatic carbocycles. The zero-order valence-corrected chi connectivity index (χ0v) is 24.1. The first-order valence-corrected chi connectivity index (χ1v) is 14.8. The molecule has 2 aliphatic heterocycles. The Bertz CT molecular complexity index is 1090. The monoisotopic (exact) mass is 615 g/mol. The number of nitrogens with zero attached hydrogens (tertiary/aromatic N) is 2. The standard InChI is InChI=1S/C29H43F2N3O9/c30-21-9-19(43-8-2-18-1-3-29(18)4-6-33(7-5-29)28(41)42)10-22(31)20(21)11-25(38)34-14-17(15-34)12-32-13-23(36)26(39)27(40)24(37)16-35/h9-10,17-18,23-24,26-27,32,35-37,39-40H,1-8,11-16H2,(H,41,42)/t18?,23-,24+,26+,27+/m0/s1. The summed E-state index contributed by atoms with van der Waals surface area (Å²) < 4.78 is 35.2. The van der Waals surface area contributed by atoms with Crippen molar-refractivity contribution in [2.75, 3.05) is 52.5 Å². The number of amides is 2. The van der Waals surface area contributed by atoms with Gasteiger partial charge in [-0.3, -0.25) is 4.79 Å².